The van der Waals surface area contributed by atoms with E-state index < -0.39 is 0 Å². The van der Waals surface area contributed by atoms with Crippen LogP contribution in [0.4, 0.5) is 5.82 Å². The van der Waals surface area contributed by atoms with Gasteiger partial charge in [0.1, 0.15) is 5.82 Å². The van der Waals surface area contributed by atoms with Crippen LogP contribution in [-0.4, -0.2) is 28.1 Å². The predicted molar refractivity (Wildman–Crippen MR) is 84.9 cm³/mol. The van der Waals surface area contributed by atoms with Crippen molar-refractivity contribution >= 4 is 17.2 Å². The fourth-order valence-corrected chi connectivity index (χ4v) is 3.34. The lowest BCUT2D eigenvalue weighted by Crippen LogP contribution is -2.23. The molecule has 0 aliphatic heterocycles. The molecular weight excluding hydrogens is 284 g/mol. The predicted octanol–water partition coefficient (Wildman–Crippen LogP) is 3.66. The zero-order valence-electron chi connectivity index (χ0n) is 12.4. The highest BCUT2D eigenvalue weighted by Crippen LogP contribution is 2.26. The van der Waals surface area contributed by atoms with E-state index in [1.807, 2.05) is 18.4 Å². The number of rotatable bonds is 4. The quantitative estimate of drug-likeness (QED) is 0.934. The molecule has 1 saturated carbocycles. The minimum atomic E-state index is 0.504. The van der Waals surface area contributed by atoms with Gasteiger partial charge in [-0.25, -0.2) is 9.97 Å². The van der Waals surface area contributed by atoms with Gasteiger partial charge >= 0.3 is 0 Å². The van der Waals surface area contributed by atoms with Crippen LogP contribution in [0, 0.1) is 6.92 Å². The standard InChI is InChI=1S/C15H20N4OS/c1-10-9-21-15(16-10)14-18-12(8-13(19-14)20-2)17-11-6-4-3-5-7-11/h8-9,11H,3-7H2,1-2H3,(H,17,18,19). The van der Waals surface area contributed by atoms with Crippen LogP contribution < -0.4 is 10.1 Å². The Balaban J connectivity index is 1.85. The van der Waals surface area contributed by atoms with Crippen LogP contribution in [0.1, 0.15) is 37.8 Å². The number of aryl methyl sites for hydroxylation is 1. The van der Waals surface area contributed by atoms with Crippen molar-refractivity contribution in [3.05, 3.63) is 17.1 Å². The van der Waals surface area contributed by atoms with Gasteiger partial charge < -0.3 is 10.1 Å². The maximum Gasteiger partial charge on any atom is 0.218 e. The van der Waals surface area contributed by atoms with Crippen molar-refractivity contribution in [3.63, 3.8) is 0 Å². The van der Waals surface area contributed by atoms with E-state index in [2.05, 4.69) is 20.3 Å². The fraction of sp³-hybridized carbons (Fsp3) is 0.533. The summed E-state index contributed by atoms with van der Waals surface area (Å²) in [7, 11) is 1.63. The Morgan fingerprint density at radius 1 is 1.19 bits per heavy atom. The molecule has 2 aromatic rings. The van der Waals surface area contributed by atoms with Gasteiger partial charge in [-0.05, 0) is 19.8 Å². The Bertz CT molecular complexity index is 607. The highest BCUT2D eigenvalue weighted by Gasteiger charge is 2.16. The van der Waals surface area contributed by atoms with Crippen molar-refractivity contribution in [1.29, 1.82) is 0 Å². The molecule has 1 fully saturated rings. The van der Waals surface area contributed by atoms with Crippen LogP contribution >= 0.6 is 11.3 Å². The molecule has 2 heterocycles. The van der Waals surface area contributed by atoms with Crippen molar-refractivity contribution in [3.8, 4) is 16.7 Å². The molecule has 21 heavy (non-hydrogen) atoms. The maximum absolute atomic E-state index is 5.30. The molecule has 112 valence electrons. The molecule has 1 aliphatic rings. The third-order valence-corrected chi connectivity index (χ3v) is 4.64. The largest absolute Gasteiger partial charge is 0.481 e. The van der Waals surface area contributed by atoms with Crippen molar-refractivity contribution in [2.45, 2.75) is 45.1 Å². The molecule has 0 atom stereocenters. The van der Waals surface area contributed by atoms with Crippen LogP contribution in [0.3, 0.4) is 0 Å². The number of methoxy groups -OCH3 is 1. The maximum atomic E-state index is 5.30. The molecular formula is C15H20N4OS. The third kappa shape index (κ3) is 3.50. The summed E-state index contributed by atoms with van der Waals surface area (Å²) in [6.07, 6.45) is 6.34. The van der Waals surface area contributed by atoms with Crippen molar-refractivity contribution in [1.82, 2.24) is 15.0 Å². The number of anilines is 1. The Kier molecular flexibility index (Phi) is 4.34. The lowest BCUT2D eigenvalue weighted by molar-refractivity contribution is 0.397. The normalized spacial score (nSPS) is 15.9. The summed E-state index contributed by atoms with van der Waals surface area (Å²) in [5, 5.41) is 6.36. The van der Waals surface area contributed by atoms with Gasteiger partial charge in [-0.15, -0.1) is 11.3 Å². The first kappa shape index (κ1) is 14.3. The molecule has 6 heteroatoms. The molecule has 0 radical (unpaired) electrons. The van der Waals surface area contributed by atoms with E-state index in [4.69, 9.17) is 4.74 Å². The number of nitrogens with one attached hydrogen (secondary N) is 1. The molecule has 3 rings (SSSR count). The van der Waals surface area contributed by atoms with Gasteiger partial charge in [0.25, 0.3) is 0 Å². The third-order valence-electron chi connectivity index (χ3n) is 3.68. The van der Waals surface area contributed by atoms with E-state index in [0.29, 0.717) is 17.7 Å². The summed E-state index contributed by atoms with van der Waals surface area (Å²) in [4.78, 5) is 13.5. The molecule has 0 amide bonds. The van der Waals surface area contributed by atoms with Crippen LogP contribution in [0.15, 0.2) is 11.4 Å². The molecule has 0 bridgehead atoms. The smallest absolute Gasteiger partial charge is 0.218 e. The number of nitrogens with zero attached hydrogens (tertiary/aromatic N) is 3. The molecule has 0 spiro atoms. The summed E-state index contributed by atoms with van der Waals surface area (Å²) in [5.41, 5.74) is 0.989. The second-order valence-electron chi connectivity index (χ2n) is 5.39. The lowest BCUT2D eigenvalue weighted by Gasteiger charge is -2.23. The molecule has 0 aromatic carbocycles. The van der Waals surface area contributed by atoms with E-state index in [1.165, 1.54) is 32.1 Å². The number of aromatic nitrogens is 3. The average Bonchev–Trinajstić information content (AvgIpc) is 2.94. The number of ether oxygens (including phenoxy) is 1. The average molecular weight is 304 g/mol. The van der Waals surface area contributed by atoms with Gasteiger partial charge in [0.05, 0.1) is 7.11 Å². The van der Waals surface area contributed by atoms with Crippen LogP contribution in [0.25, 0.3) is 10.8 Å². The summed E-state index contributed by atoms with van der Waals surface area (Å²) in [6, 6.07) is 2.36. The first-order valence-electron chi connectivity index (χ1n) is 7.37. The second kappa shape index (κ2) is 6.39. The van der Waals surface area contributed by atoms with Crippen LogP contribution in [0.2, 0.25) is 0 Å². The molecule has 5 nitrogen and oxygen atoms in total. The van der Waals surface area contributed by atoms with Gasteiger partial charge in [-0.3, -0.25) is 0 Å². The molecule has 2 aromatic heterocycles. The number of hydrogen-bond donors (Lipinski definition) is 1. The second-order valence-corrected chi connectivity index (χ2v) is 6.25. The van der Waals surface area contributed by atoms with Gasteiger partial charge in [0, 0.05) is 23.2 Å². The van der Waals surface area contributed by atoms with E-state index in [1.54, 1.807) is 18.4 Å². The Hall–Kier alpha value is -1.69. The van der Waals surface area contributed by atoms with E-state index in [-0.39, 0.29) is 0 Å². The van der Waals surface area contributed by atoms with E-state index in [9.17, 15) is 0 Å². The minimum Gasteiger partial charge on any atom is -0.481 e. The molecule has 1 aliphatic carbocycles. The zero-order chi connectivity index (χ0) is 14.7. The van der Waals surface area contributed by atoms with Crippen LogP contribution in [0.5, 0.6) is 5.88 Å². The van der Waals surface area contributed by atoms with Crippen molar-refractivity contribution in [2.24, 2.45) is 0 Å². The number of thiazole rings is 1. The highest BCUT2D eigenvalue weighted by atomic mass is 32.1. The monoisotopic (exact) mass is 304 g/mol. The topological polar surface area (TPSA) is 59.9 Å². The SMILES string of the molecule is COc1cc(NC2CCCCC2)nc(-c2nc(C)cs2)n1. The minimum absolute atomic E-state index is 0.504. The van der Waals surface area contributed by atoms with Crippen LogP contribution in [-0.2, 0) is 0 Å². The number of hydrogen-bond acceptors (Lipinski definition) is 6. The first-order valence-corrected chi connectivity index (χ1v) is 8.24. The highest BCUT2D eigenvalue weighted by molar-refractivity contribution is 7.13. The Labute approximate surface area is 128 Å². The summed E-state index contributed by atoms with van der Waals surface area (Å²) in [6.45, 7) is 1.97. The molecule has 0 saturated heterocycles. The van der Waals surface area contributed by atoms with Crippen molar-refractivity contribution in [2.75, 3.05) is 12.4 Å². The Morgan fingerprint density at radius 2 is 2.00 bits per heavy atom. The summed E-state index contributed by atoms with van der Waals surface area (Å²) in [5.74, 6) is 2.04. The van der Waals surface area contributed by atoms with E-state index >= 15 is 0 Å². The van der Waals surface area contributed by atoms with Gasteiger partial charge in [-0.1, -0.05) is 19.3 Å². The zero-order valence-corrected chi connectivity index (χ0v) is 13.2. The fourth-order valence-electron chi connectivity index (χ4n) is 2.61. The van der Waals surface area contributed by atoms with E-state index in [0.717, 1.165) is 16.5 Å². The summed E-state index contributed by atoms with van der Waals surface area (Å²) < 4.78 is 5.30. The molecule has 0 unspecified atom stereocenters. The molecule has 1 N–H and O–H groups in total. The van der Waals surface area contributed by atoms with Gasteiger partial charge in [-0.2, -0.15) is 4.98 Å². The van der Waals surface area contributed by atoms with Gasteiger partial charge in [0.2, 0.25) is 5.88 Å². The first-order chi connectivity index (χ1) is 10.2. The summed E-state index contributed by atoms with van der Waals surface area (Å²) >= 11 is 1.56. The van der Waals surface area contributed by atoms with Crippen molar-refractivity contribution < 1.29 is 4.74 Å². The van der Waals surface area contributed by atoms with Gasteiger partial charge in [0.15, 0.2) is 10.8 Å². The Morgan fingerprint density at radius 3 is 2.67 bits per heavy atom. The lowest BCUT2D eigenvalue weighted by atomic mass is 9.95.